The minimum absolute atomic E-state index is 0.0449. The van der Waals surface area contributed by atoms with E-state index < -0.39 is 10.0 Å². The smallest absolute Gasteiger partial charge is 0.229 e. The van der Waals surface area contributed by atoms with Gasteiger partial charge >= 0.3 is 0 Å². The molecule has 0 aliphatic carbocycles. The van der Waals surface area contributed by atoms with Gasteiger partial charge in [0, 0.05) is 11.3 Å². The molecular weight excluding hydrogens is 439 g/mol. The lowest BCUT2D eigenvalue weighted by Crippen LogP contribution is -2.11. The number of aromatic nitrogens is 1. The molecule has 2 N–H and O–H groups in total. The van der Waals surface area contributed by atoms with Crippen molar-refractivity contribution >= 4 is 33.1 Å². The number of hydrogen-bond donors (Lipinski definition) is 1. The molecule has 4 nitrogen and oxygen atoms in total. The molecule has 0 bridgehead atoms. The molecule has 0 radical (unpaired) electrons. The number of benzene rings is 3. The van der Waals surface area contributed by atoms with Crippen LogP contribution in [0.15, 0.2) is 88.1 Å². The highest BCUT2D eigenvalue weighted by molar-refractivity contribution is 8.00. The van der Waals surface area contributed by atoms with E-state index in [-0.39, 0.29) is 10.7 Å². The molecule has 0 aliphatic rings. The number of sulfonamides is 1. The lowest BCUT2D eigenvalue weighted by molar-refractivity contribution is 0.598. The van der Waals surface area contributed by atoms with Crippen LogP contribution in [-0.2, 0) is 15.8 Å². The Morgan fingerprint density at radius 1 is 0.900 bits per heavy atom. The van der Waals surface area contributed by atoms with Crippen LogP contribution in [0.4, 0.5) is 4.39 Å². The zero-order valence-corrected chi connectivity index (χ0v) is 18.1. The van der Waals surface area contributed by atoms with Gasteiger partial charge in [0.2, 0.25) is 10.0 Å². The monoisotopic (exact) mass is 456 g/mol. The van der Waals surface area contributed by atoms with Crippen molar-refractivity contribution in [2.24, 2.45) is 5.14 Å². The van der Waals surface area contributed by atoms with Gasteiger partial charge < -0.3 is 0 Å². The Kier molecular flexibility index (Phi) is 6.01. The molecule has 0 unspecified atom stereocenters. The molecule has 0 atom stereocenters. The van der Waals surface area contributed by atoms with E-state index >= 15 is 0 Å². The Balaban J connectivity index is 1.71. The number of hydrogen-bond acceptors (Lipinski definition) is 5. The average molecular weight is 457 g/mol. The predicted octanol–water partition coefficient (Wildman–Crippen LogP) is 5.56. The second-order valence-corrected chi connectivity index (χ2v) is 10.3. The van der Waals surface area contributed by atoms with Crippen LogP contribution < -0.4 is 5.14 Å². The minimum Gasteiger partial charge on any atom is -0.229 e. The van der Waals surface area contributed by atoms with E-state index in [4.69, 9.17) is 10.1 Å². The molecule has 0 spiro atoms. The van der Waals surface area contributed by atoms with Gasteiger partial charge in [0.25, 0.3) is 0 Å². The summed E-state index contributed by atoms with van der Waals surface area (Å²) in [6.07, 6.45) is 0. The first-order chi connectivity index (χ1) is 14.4. The molecule has 4 aromatic rings. The van der Waals surface area contributed by atoms with E-state index in [0.717, 1.165) is 31.8 Å². The summed E-state index contributed by atoms with van der Waals surface area (Å²) in [6, 6.07) is 22.7. The van der Waals surface area contributed by atoms with Crippen molar-refractivity contribution in [2.75, 3.05) is 0 Å². The lowest BCUT2D eigenvalue weighted by Gasteiger charge is -2.04. The van der Waals surface area contributed by atoms with Gasteiger partial charge in [-0.1, -0.05) is 66.4 Å². The van der Waals surface area contributed by atoms with Crippen molar-refractivity contribution in [3.63, 3.8) is 0 Å². The van der Waals surface area contributed by atoms with E-state index in [1.165, 1.54) is 41.2 Å². The van der Waals surface area contributed by atoms with E-state index in [2.05, 4.69) is 12.1 Å². The normalized spacial score (nSPS) is 11.5. The zero-order valence-electron chi connectivity index (χ0n) is 15.7. The summed E-state index contributed by atoms with van der Waals surface area (Å²) >= 11 is 3.15. The standard InChI is InChI=1S/C22H17FN2O2S3/c23-18-10-6-17(7-11-18)21-20(16-8-12-19(13-9-16)30(24,26)27)25-22(29-21)28-14-15-4-2-1-3-5-15/h1-13H,14H2,(H2,24,26,27). The van der Waals surface area contributed by atoms with Crippen molar-refractivity contribution in [1.29, 1.82) is 0 Å². The Hall–Kier alpha value is -2.52. The number of thiazole rings is 1. The first-order valence-electron chi connectivity index (χ1n) is 8.97. The molecule has 0 saturated carbocycles. The molecule has 0 saturated heterocycles. The summed E-state index contributed by atoms with van der Waals surface area (Å²) in [5.41, 5.74) is 3.54. The highest BCUT2D eigenvalue weighted by Gasteiger charge is 2.17. The molecule has 0 amide bonds. The third-order valence-corrected chi connectivity index (χ3v) is 7.62. The van der Waals surface area contributed by atoms with Crippen LogP contribution in [0.25, 0.3) is 21.7 Å². The topological polar surface area (TPSA) is 73.1 Å². The van der Waals surface area contributed by atoms with Gasteiger partial charge in [-0.15, -0.1) is 11.3 Å². The third-order valence-electron chi connectivity index (χ3n) is 4.38. The fourth-order valence-corrected chi connectivity index (χ4v) is 5.52. The minimum atomic E-state index is -3.77. The molecule has 8 heteroatoms. The van der Waals surface area contributed by atoms with Crippen LogP contribution in [0, 0.1) is 5.82 Å². The molecule has 1 aromatic heterocycles. The molecule has 1 heterocycles. The summed E-state index contributed by atoms with van der Waals surface area (Å²) < 4.78 is 37.4. The first kappa shape index (κ1) is 20.7. The summed E-state index contributed by atoms with van der Waals surface area (Å²) in [5, 5.41) is 5.20. The zero-order chi connectivity index (χ0) is 21.1. The molecule has 4 rings (SSSR count). The maximum atomic E-state index is 13.4. The second-order valence-electron chi connectivity index (χ2n) is 6.51. The van der Waals surface area contributed by atoms with Gasteiger partial charge in [-0.05, 0) is 35.4 Å². The van der Waals surface area contributed by atoms with E-state index in [9.17, 15) is 12.8 Å². The number of primary sulfonamides is 1. The second kappa shape index (κ2) is 8.69. The van der Waals surface area contributed by atoms with Crippen molar-refractivity contribution in [1.82, 2.24) is 4.98 Å². The van der Waals surface area contributed by atoms with E-state index in [1.54, 1.807) is 36.0 Å². The maximum absolute atomic E-state index is 13.4. The number of nitrogens with two attached hydrogens (primary N) is 1. The van der Waals surface area contributed by atoms with Crippen LogP contribution in [0.5, 0.6) is 0 Å². The van der Waals surface area contributed by atoms with Crippen molar-refractivity contribution < 1.29 is 12.8 Å². The molecule has 152 valence electrons. The lowest BCUT2D eigenvalue weighted by atomic mass is 10.1. The Labute approximate surface area is 182 Å². The maximum Gasteiger partial charge on any atom is 0.238 e. The van der Waals surface area contributed by atoms with Crippen molar-refractivity contribution in [3.05, 3.63) is 90.2 Å². The van der Waals surface area contributed by atoms with Crippen LogP contribution in [-0.4, -0.2) is 13.4 Å². The Bertz CT molecular complexity index is 1250. The molecule has 0 fully saturated rings. The van der Waals surface area contributed by atoms with Gasteiger partial charge in [0.1, 0.15) is 5.82 Å². The molecule has 0 aliphatic heterocycles. The predicted molar refractivity (Wildman–Crippen MR) is 120 cm³/mol. The van der Waals surface area contributed by atoms with Crippen LogP contribution in [0.3, 0.4) is 0 Å². The number of rotatable bonds is 6. The summed E-state index contributed by atoms with van der Waals surface area (Å²) in [6.45, 7) is 0. The van der Waals surface area contributed by atoms with E-state index in [1.807, 2.05) is 18.2 Å². The first-order valence-corrected chi connectivity index (χ1v) is 12.3. The van der Waals surface area contributed by atoms with E-state index in [0.29, 0.717) is 0 Å². The average Bonchev–Trinajstić information content (AvgIpc) is 3.17. The number of halogens is 1. The van der Waals surface area contributed by atoms with Crippen molar-refractivity contribution in [3.8, 4) is 21.7 Å². The van der Waals surface area contributed by atoms with Gasteiger partial charge in [0.05, 0.1) is 15.5 Å². The van der Waals surface area contributed by atoms with Crippen LogP contribution in [0.2, 0.25) is 0 Å². The van der Waals surface area contributed by atoms with Crippen LogP contribution in [0.1, 0.15) is 5.56 Å². The van der Waals surface area contributed by atoms with Gasteiger partial charge in [0.15, 0.2) is 4.34 Å². The van der Waals surface area contributed by atoms with Crippen LogP contribution >= 0.6 is 23.1 Å². The number of thioether (sulfide) groups is 1. The summed E-state index contributed by atoms with van der Waals surface area (Å²) in [7, 11) is -3.77. The fraction of sp³-hybridized carbons (Fsp3) is 0.0455. The fourth-order valence-electron chi connectivity index (χ4n) is 2.88. The van der Waals surface area contributed by atoms with Gasteiger partial charge in [-0.2, -0.15) is 0 Å². The summed E-state index contributed by atoms with van der Waals surface area (Å²) in [4.78, 5) is 5.74. The number of nitrogens with zero attached hydrogens (tertiary/aromatic N) is 1. The quantitative estimate of drug-likeness (QED) is 0.386. The SMILES string of the molecule is NS(=O)(=O)c1ccc(-c2nc(SCc3ccccc3)sc2-c2ccc(F)cc2)cc1. The summed E-state index contributed by atoms with van der Waals surface area (Å²) in [5.74, 6) is 0.474. The molecular formula is C22H17FN2O2S3. The Morgan fingerprint density at radius 3 is 2.17 bits per heavy atom. The van der Waals surface area contributed by atoms with Gasteiger partial charge in [-0.25, -0.2) is 22.9 Å². The van der Waals surface area contributed by atoms with Gasteiger partial charge in [-0.3, -0.25) is 0 Å². The third kappa shape index (κ3) is 4.79. The highest BCUT2D eigenvalue weighted by atomic mass is 32.2. The Morgan fingerprint density at radius 2 is 1.53 bits per heavy atom. The largest absolute Gasteiger partial charge is 0.238 e. The highest BCUT2D eigenvalue weighted by Crippen LogP contribution is 2.41. The van der Waals surface area contributed by atoms with Crippen molar-refractivity contribution in [2.45, 2.75) is 15.0 Å². The molecule has 30 heavy (non-hydrogen) atoms. The molecule has 3 aromatic carbocycles.